The van der Waals surface area contributed by atoms with Crippen molar-refractivity contribution < 1.29 is 23.1 Å². The lowest BCUT2D eigenvalue weighted by molar-refractivity contribution is -0.136. The van der Waals surface area contributed by atoms with E-state index in [0.29, 0.717) is 11.3 Å². The number of sulfonamides is 1. The highest BCUT2D eigenvalue weighted by Gasteiger charge is 2.15. The molecule has 3 aliphatic rings. The largest absolute Gasteiger partial charge is 0.481 e. The van der Waals surface area contributed by atoms with Crippen LogP contribution >= 0.6 is 0 Å². The quantitative estimate of drug-likeness (QED) is 0.785. The summed E-state index contributed by atoms with van der Waals surface area (Å²) in [4.78, 5) is 22.1. The molecule has 27 heavy (non-hydrogen) atoms. The Hall–Kier alpha value is -2.67. The second-order valence-electron chi connectivity index (χ2n) is 6.71. The average Bonchev–Trinajstić information content (AvgIpc) is 2.97. The van der Waals surface area contributed by atoms with Crippen LogP contribution < -0.4 is 4.72 Å². The van der Waals surface area contributed by atoms with Crippen LogP contribution in [0.3, 0.4) is 0 Å². The highest BCUT2D eigenvalue weighted by atomic mass is 32.2. The fourth-order valence-corrected chi connectivity index (χ4v) is 4.41. The van der Waals surface area contributed by atoms with Crippen molar-refractivity contribution in [2.75, 3.05) is 4.72 Å². The van der Waals surface area contributed by atoms with Crippen LogP contribution in [0.5, 0.6) is 0 Å². The van der Waals surface area contributed by atoms with Gasteiger partial charge >= 0.3 is 5.97 Å². The zero-order valence-corrected chi connectivity index (χ0v) is 15.6. The standard InChI is InChI=1S/C13H14O3.C7H7NO2S/c14-12(6-7-13(15)16)11-5-4-9-2-1-3-10(9)8-11;9-11(10)5-6-1-3-7(8-11)4-2-6/h4-5,8H,1-3,6-7H2,(H,15,16);1-4,8H,5H2. The topological polar surface area (TPSA) is 101 Å². The van der Waals surface area contributed by atoms with Crippen LogP contribution in [0.4, 0.5) is 5.69 Å². The van der Waals surface area contributed by atoms with E-state index in [1.54, 1.807) is 12.1 Å². The van der Waals surface area contributed by atoms with Crippen LogP contribution in [-0.4, -0.2) is 25.3 Å². The maximum atomic E-state index is 11.7. The lowest BCUT2D eigenvalue weighted by atomic mass is 10.0. The molecule has 2 N–H and O–H groups in total. The normalized spacial score (nSPS) is 15.7. The fraction of sp³-hybridized carbons (Fsp3) is 0.300. The number of benzene rings is 2. The molecule has 0 unspecified atom stereocenters. The summed E-state index contributed by atoms with van der Waals surface area (Å²) in [5.41, 5.74) is 4.71. The number of carbonyl (C=O) groups is 2. The number of aliphatic carboxylic acids is 1. The molecule has 0 spiro atoms. The van der Waals surface area contributed by atoms with Gasteiger partial charge in [0.2, 0.25) is 10.0 Å². The van der Waals surface area contributed by atoms with Crippen LogP contribution in [-0.2, 0) is 33.4 Å². The summed E-state index contributed by atoms with van der Waals surface area (Å²) in [5.74, 6) is -0.907. The van der Waals surface area contributed by atoms with Gasteiger partial charge in [-0.05, 0) is 54.2 Å². The first-order valence-electron chi connectivity index (χ1n) is 8.79. The van der Waals surface area contributed by atoms with Crippen molar-refractivity contribution in [3.63, 3.8) is 0 Å². The van der Waals surface area contributed by atoms with E-state index in [1.165, 1.54) is 11.1 Å². The summed E-state index contributed by atoms with van der Waals surface area (Å²) in [6.45, 7) is 0. The van der Waals surface area contributed by atoms with Crippen molar-refractivity contribution >= 4 is 27.5 Å². The molecule has 6 nitrogen and oxygen atoms in total. The number of Topliss-reactive ketones (excluding diaryl/α,β-unsaturated/α-hetero) is 1. The van der Waals surface area contributed by atoms with Crippen molar-refractivity contribution in [1.29, 1.82) is 0 Å². The summed E-state index contributed by atoms with van der Waals surface area (Å²) in [7, 11) is -3.10. The monoisotopic (exact) mass is 387 g/mol. The van der Waals surface area contributed by atoms with E-state index in [0.717, 1.165) is 24.8 Å². The highest BCUT2D eigenvalue weighted by Crippen LogP contribution is 2.23. The summed E-state index contributed by atoms with van der Waals surface area (Å²) < 4.78 is 24.6. The molecule has 0 radical (unpaired) electrons. The van der Waals surface area contributed by atoms with Crippen LogP contribution in [0, 0.1) is 0 Å². The average molecular weight is 387 g/mol. The van der Waals surface area contributed by atoms with Crippen molar-refractivity contribution in [3.8, 4) is 0 Å². The minimum atomic E-state index is -3.10. The Kier molecular flexibility index (Phi) is 5.60. The van der Waals surface area contributed by atoms with Gasteiger partial charge in [-0.25, -0.2) is 8.42 Å². The molecule has 0 saturated heterocycles. The summed E-state index contributed by atoms with van der Waals surface area (Å²) in [6, 6.07) is 12.9. The number of carbonyl (C=O) groups excluding carboxylic acids is 1. The van der Waals surface area contributed by atoms with Crippen LogP contribution in [0.25, 0.3) is 0 Å². The number of nitrogens with one attached hydrogen (secondary N) is 1. The second kappa shape index (κ2) is 7.92. The molecule has 0 aromatic heterocycles. The van der Waals surface area contributed by atoms with Gasteiger partial charge in [-0.1, -0.05) is 24.3 Å². The van der Waals surface area contributed by atoms with E-state index < -0.39 is 16.0 Å². The summed E-state index contributed by atoms with van der Waals surface area (Å²) >= 11 is 0. The van der Waals surface area contributed by atoms with E-state index in [9.17, 15) is 18.0 Å². The molecule has 142 valence electrons. The van der Waals surface area contributed by atoms with Crippen LogP contribution in [0.1, 0.15) is 46.3 Å². The molecule has 0 atom stereocenters. The molecule has 2 aromatic carbocycles. The van der Waals surface area contributed by atoms with Crippen molar-refractivity contribution in [1.82, 2.24) is 0 Å². The van der Waals surface area contributed by atoms with E-state index in [1.807, 2.05) is 30.3 Å². The lowest BCUT2D eigenvalue weighted by Crippen LogP contribution is -2.11. The van der Waals surface area contributed by atoms with Gasteiger partial charge in [0, 0.05) is 17.7 Å². The Morgan fingerprint density at radius 2 is 1.67 bits per heavy atom. The van der Waals surface area contributed by atoms with Gasteiger partial charge in [0.05, 0.1) is 12.2 Å². The third kappa shape index (κ3) is 5.17. The Bertz CT molecular complexity index is 933. The minimum Gasteiger partial charge on any atom is -0.481 e. The van der Waals surface area contributed by atoms with Crippen LogP contribution in [0.2, 0.25) is 0 Å². The number of anilines is 1. The first-order chi connectivity index (χ1) is 12.8. The Morgan fingerprint density at radius 3 is 2.37 bits per heavy atom. The number of carboxylic acid groups (broad SMARTS) is 1. The SMILES string of the molecule is O=C(O)CCC(=O)c1ccc2c(c1)CCC2.O=S1(=O)Cc2ccc(cc2)N1. The maximum Gasteiger partial charge on any atom is 0.303 e. The molecule has 1 aliphatic carbocycles. The smallest absolute Gasteiger partial charge is 0.303 e. The third-order valence-corrected chi connectivity index (χ3v) is 5.83. The molecular weight excluding hydrogens is 366 g/mol. The van der Waals surface area contributed by atoms with E-state index >= 15 is 0 Å². The first kappa shape index (κ1) is 19.1. The number of hydrogen-bond acceptors (Lipinski definition) is 4. The Morgan fingerprint density at radius 1 is 0.963 bits per heavy atom. The molecule has 0 amide bonds. The number of hydrogen-bond donors (Lipinski definition) is 2. The van der Waals surface area contributed by atoms with E-state index in [4.69, 9.17) is 5.11 Å². The fourth-order valence-electron chi connectivity index (χ4n) is 3.21. The molecule has 0 fully saturated rings. The van der Waals surface area contributed by atoms with Gasteiger partial charge < -0.3 is 5.11 Å². The van der Waals surface area contributed by atoms with Gasteiger partial charge in [-0.2, -0.15) is 0 Å². The van der Waals surface area contributed by atoms with Gasteiger partial charge in [-0.15, -0.1) is 0 Å². The number of aryl methyl sites for hydroxylation is 2. The van der Waals surface area contributed by atoms with Crippen molar-refractivity contribution in [3.05, 3.63) is 64.7 Å². The Balaban J connectivity index is 0.000000166. The molecule has 2 heterocycles. The molecule has 2 bridgehead atoms. The highest BCUT2D eigenvalue weighted by molar-refractivity contribution is 7.91. The molecular formula is C20H21NO5S. The third-order valence-electron chi connectivity index (χ3n) is 4.57. The Labute approximate surface area is 158 Å². The maximum absolute atomic E-state index is 11.7. The molecule has 5 rings (SSSR count). The van der Waals surface area contributed by atoms with Gasteiger partial charge in [0.25, 0.3) is 0 Å². The first-order valence-corrected chi connectivity index (χ1v) is 10.4. The van der Waals surface area contributed by atoms with Crippen molar-refractivity contribution in [2.24, 2.45) is 0 Å². The number of fused-ring (bicyclic) bond motifs is 5. The van der Waals surface area contributed by atoms with E-state index in [2.05, 4.69) is 4.72 Å². The van der Waals surface area contributed by atoms with Gasteiger partial charge in [0.1, 0.15) is 0 Å². The molecule has 2 aromatic rings. The zero-order chi connectivity index (χ0) is 19.4. The number of ketones is 1. The number of carboxylic acids is 1. The summed E-state index contributed by atoms with van der Waals surface area (Å²) in [5, 5.41) is 8.51. The predicted molar refractivity (Wildman–Crippen MR) is 102 cm³/mol. The lowest BCUT2D eigenvalue weighted by Gasteiger charge is -2.03. The zero-order valence-electron chi connectivity index (χ0n) is 14.8. The van der Waals surface area contributed by atoms with E-state index in [-0.39, 0.29) is 24.4 Å². The molecule has 0 saturated carbocycles. The molecule has 2 aliphatic heterocycles. The number of rotatable bonds is 4. The molecule has 7 heteroatoms. The summed E-state index contributed by atoms with van der Waals surface area (Å²) in [6.07, 6.45) is 3.29. The van der Waals surface area contributed by atoms with Crippen LogP contribution in [0.15, 0.2) is 42.5 Å². The second-order valence-corrected chi connectivity index (χ2v) is 8.43. The minimum absolute atomic E-state index is 0.0721. The van der Waals surface area contributed by atoms with Crippen molar-refractivity contribution in [2.45, 2.75) is 37.9 Å². The predicted octanol–water partition coefficient (Wildman–Crippen LogP) is 3.16. The van der Waals surface area contributed by atoms with Gasteiger partial charge in [-0.3, -0.25) is 14.3 Å². The van der Waals surface area contributed by atoms with Gasteiger partial charge in [0.15, 0.2) is 5.78 Å².